The van der Waals surface area contributed by atoms with Gasteiger partial charge in [-0.15, -0.1) is 0 Å². The van der Waals surface area contributed by atoms with Crippen LogP contribution in [-0.2, 0) is 26.0 Å². The van der Waals surface area contributed by atoms with Gasteiger partial charge in [0.2, 0.25) is 10.0 Å². The number of nitrogens with zero attached hydrogens (tertiary/aromatic N) is 2. The van der Waals surface area contributed by atoms with Gasteiger partial charge in [-0.3, -0.25) is 9.69 Å². The average Bonchev–Trinajstić information content (AvgIpc) is 2.79. The zero-order valence-corrected chi connectivity index (χ0v) is 19.9. The lowest BCUT2D eigenvalue weighted by Crippen LogP contribution is -2.48. The zero-order chi connectivity index (χ0) is 23.4. The van der Waals surface area contributed by atoms with Crippen LogP contribution in [-0.4, -0.2) is 75.1 Å². The standard InChI is InChI=1S/C24H31N3O5S/c1-18-15-27(16-19(2)32-18)33(29,30)23-8-6-21(7-9-23)24(28)25-22-5-3-4-20(14-22)17-26-10-12-31-13-11-26/h3-9,14,18-19H,10-13,15-17H2,1-2H3,(H,25,28)/t18-,19+. The fourth-order valence-corrected chi connectivity index (χ4v) is 5.81. The molecule has 2 atom stereocenters. The largest absolute Gasteiger partial charge is 0.379 e. The Balaban J connectivity index is 1.41. The number of sulfonamides is 1. The summed E-state index contributed by atoms with van der Waals surface area (Å²) in [6.45, 7) is 8.44. The number of hydrogen-bond donors (Lipinski definition) is 1. The van der Waals surface area contributed by atoms with Gasteiger partial charge in [0, 0.05) is 44.0 Å². The van der Waals surface area contributed by atoms with Crippen molar-refractivity contribution in [2.75, 3.05) is 44.7 Å². The second kappa shape index (κ2) is 10.3. The molecule has 2 aliphatic rings. The topological polar surface area (TPSA) is 88.2 Å². The first-order valence-electron chi connectivity index (χ1n) is 11.3. The fourth-order valence-electron chi connectivity index (χ4n) is 4.22. The Morgan fingerprint density at radius 3 is 2.36 bits per heavy atom. The summed E-state index contributed by atoms with van der Waals surface area (Å²) in [5.41, 5.74) is 2.22. The van der Waals surface area contributed by atoms with Gasteiger partial charge in [0.15, 0.2) is 0 Å². The van der Waals surface area contributed by atoms with Gasteiger partial charge in [-0.25, -0.2) is 8.42 Å². The molecule has 0 aromatic heterocycles. The number of benzene rings is 2. The lowest BCUT2D eigenvalue weighted by molar-refractivity contribution is -0.0440. The maximum absolute atomic E-state index is 13.0. The molecule has 0 saturated carbocycles. The predicted octanol–water partition coefficient (Wildman–Crippen LogP) is 2.57. The van der Waals surface area contributed by atoms with E-state index in [0.717, 1.165) is 38.4 Å². The van der Waals surface area contributed by atoms with E-state index in [-0.39, 0.29) is 23.0 Å². The molecule has 4 rings (SSSR count). The highest BCUT2D eigenvalue weighted by molar-refractivity contribution is 7.89. The molecule has 1 amide bonds. The first-order valence-corrected chi connectivity index (χ1v) is 12.7. The van der Waals surface area contributed by atoms with Crippen LogP contribution >= 0.6 is 0 Å². The molecule has 33 heavy (non-hydrogen) atoms. The molecule has 0 bridgehead atoms. The molecule has 2 saturated heterocycles. The van der Waals surface area contributed by atoms with Crippen LogP contribution in [0.2, 0.25) is 0 Å². The van der Waals surface area contributed by atoms with Crippen molar-refractivity contribution in [3.8, 4) is 0 Å². The molecular weight excluding hydrogens is 442 g/mol. The third-order valence-electron chi connectivity index (χ3n) is 5.84. The molecule has 9 heteroatoms. The Morgan fingerprint density at radius 2 is 1.70 bits per heavy atom. The number of amides is 1. The summed E-state index contributed by atoms with van der Waals surface area (Å²) < 4.78 is 38.5. The minimum Gasteiger partial charge on any atom is -0.379 e. The summed E-state index contributed by atoms with van der Waals surface area (Å²) in [7, 11) is -3.64. The average molecular weight is 474 g/mol. The molecule has 0 spiro atoms. The quantitative estimate of drug-likeness (QED) is 0.694. The number of carbonyl (C=O) groups excluding carboxylic acids is 1. The Kier molecular flexibility index (Phi) is 7.45. The highest BCUT2D eigenvalue weighted by atomic mass is 32.2. The van der Waals surface area contributed by atoms with Crippen molar-refractivity contribution in [1.29, 1.82) is 0 Å². The first-order chi connectivity index (χ1) is 15.8. The Hall–Kier alpha value is -2.30. The van der Waals surface area contributed by atoms with E-state index in [1.54, 1.807) is 12.1 Å². The second-order valence-corrected chi connectivity index (χ2v) is 10.6. The van der Waals surface area contributed by atoms with Crippen molar-refractivity contribution >= 4 is 21.6 Å². The molecule has 178 valence electrons. The van der Waals surface area contributed by atoms with Crippen LogP contribution < -0.4 is 5.32 Å². The van der Waals surface area contributed by atoms with Crippen LogP contribution in [0.25, 0.3) is 0 Å². The number of morpholine rings is 2. The number of rotatable bonds is 6. The summed E-state index contributed by atoms with van der Waals surface area (Å²) in [5.74, 6) is -0.281. The lowest BCUT2D eigenvalue weighted by Gasteiger charge is -2.34. The van der Waals surface area contributed by atoms with Crippen LogP contribution in [0.3, 0.4) is 0 Å². The third-order valence-corrected chi connectivity index (χ3v) is 7.68. The normalized spacial score (nSPS) is 22.7. The van der Waals surface area contributed by atoms with Gasteiger partial charge in [0.05, 0.1) is 30.3 Å². The molecule has 0 aliphatic carbocycles. The van der Waals surface area contributed by atoms with Crippen LogP contribution in [0, 0.1) is 0 Å². The summed E-state index contributed by atoms with van der Waals surface area (Å²) in [6, 6.07) is 13.9. The Bertz CT molecular complexity index is 1060. The molecule has 2 aromatic rings. The molecule has 1 N–H and O–H groups in total. The summed E-state index contributed by atoms with van der Waals surface area (Å²) in [5, 5.41) is 2.91. The number of nitrogens with one attached hydrogen (secondary N) is 1. The molecule has 2 aliphatic heterocycles. The fraction of sp³-hybridized carbons (Fsp3) is 0.458. The van der Waals surface area contributed by atoms with E-state index in [1.165, 1.54) is 16.4 Å². The second-order valence-electron chi connectivity index (χ2n) is 8.65. The monoisotopic (exact) mass is 473 g/mol. The van der Waals surface area contributed by atoms with Gasteiger partial charge < -0.3 is 14.8 Å². The van der Waals surface area contributed by atoms with E-state index < -0.39 is 10.0 Å². The molecule has 0 unspecified atom stereocenters. The van der Waals surface area contributed by atoms with E-state index >= 15 is 0 Å². The van der Waals surface area contributed by atoms with Crippen LogP contribution in [0.1, 0.15) is 29.8 Å². The van der Waals surface area contributed by atoms with Gasteiger partial charge >= 0.3 is 0 Å². The van der Waals surface area contributed by atoms with E-state index in [4.69, 9.17) is 9.47 Å². The smallest absolute Gasteiger partial charge is 0.255 e. The van der Waals surface area contributed by atoms with E-state index in [9.17, 15) is 13.2 Å². The van der Waals surface area contributed by atoms with Crippen molar-refractivity contribution in [1.82, 2.24) is 9.21 Å². The summed E-state index contributed by atoms with van der Waals surface area (Å²) >= 11 is 0. The molecule has 0 radical (unpaired) electrons. The van der Waals surface area contributed by atoms with Crippen molar-refractivity contribution in [2.24, 2.45) is 0 Å². The summed E-state index contributed by atoms with van der Waals surface area (Å²) in [6.07, 6.45) is -0.319. The van der Waals surface area contributed by atoms with E-state index in [0.29, 0.717) is 24.3 Å². The van der Waals surface area contributed by atoms with Gasteiger partial charge in [-0.1, -0.05) is 12.1 Å². The van der Waals surface area contributed by atoms with Crippen LogP contribution in [0.4, 0.5) is 5.69 Å². The maximum Gasteiger partial charge on any atom is 0.255 e. The number of ether oxygens (including phenoxy) is 2. The number of hydrogen-bond acceptors (Lipinski definition) is 6. The van der Waals surface area contributed by atoms with Crippen molar-refractivity contribution in [3.05, 3.63) is 59.7 Å². The SMILES string of the molecule is C[C@@H]1CN(S(=O)(=O)c2ccc(C(=O)Nc3cccc(CN4CCOCC4)c3)cc2)C[C@H](C)O1. The summed E-state index contributed by atoms with van der Waals surface area (Å²) in [4.78, 5) is 15.2. The molecule has 2 aromatic carbocycles. The Labute approximate surface area is 195 Å². The molecule has 2 heterocycles. The minimum atomic E-state index is -3.64. The highest BCUT2D eigenvalue weighted by Gasteiger charge is 2.32. The maximum atomic E-state index is 13.0. The zero-order valence-electron chi connectivity index (χ0n) is 19.1. The number of anilines is 1. The third kappa shape index (κ3) is 5.99. The highest BCUT2D eigenvalue weighted by Crippen LogP contribution is 2.22. The van der Waals surface area contributed by atoms with E-state index in [2.05, 4.69) is 10.2 Å². The molecular formula is C24H31N3O5S. The molecule has 8 nitrogen and oxygen atoms in total. The van der Waals surface area contributed by atoms with Gasteiger partial charge in [-0.2, -0.15) is 4.31 Å². The molecule has 2 fully saturated rings. The van der Waals surface area contributed by atoms with Gasteiger partial charge in [0.1, 0.15) is 0 Å². The lowest BCUT2D eigenvalue weighted by atomic mass is 10.1. The first kappa shape index (κ1) is 23.8. The number of carbonyl (C=O) groups is 1. The van der Waals surface area contributed by atoms with Crippen LogP contribution in [0.5, 0.6) is 0 Å². The van der Waals surface area contributed by atoms with Crippen molar-refractivity contribution in [2.45, 2.75) is 37.5 Å². The van der Waals surface area contributed by atoms with Gasteiger partial charge in [0.25, 0.3) is 5.91 Å². The van der Waals surface area contributed by atoms with Crippen molar-refractivity contribution < 1.29 is 22.7 Å². The minimum absolute atomic E-state index is 0.160. The van der Waals surface area contributed by atoms with Crippen LogP contribution in [0.15, 0.2) is 53.4 Å². The Morgan fingerprint density at radius 1 is 1.03 bits per heavy atom. The predicted molar refractivity (Wildman–Crippen MR) is 126 cm³/mol. The van der Waals surface area contributed by atoms with Crippen molar-refractivity contribution in [3.63, 3.8) is 0 Å². The van der Waals surface area contributed by atoms with Gasteiger partial charge in [-0.05, 0) is 55.8 Å². The van der Waals surface area contributed by atoms with E-state index in [1.807, 2.05) is 38.1 Å².